The van der Waals surface area contributed by atoms with E-state index < -0.39 is 11.6 Å². The molecule has 1 aromatic heterocycles. The summed E-state index contributed by atoms with van der Waals surface area (Å²) in [6, 6.07) is 14.5. The molecule has 1 N–H and O–H groups in total. The molecule has 210 valence electrons. The predicted molar refractivity (Wildman–Crippen MR) is 151 cm³/mol. The molecule has 0 bridgehead atoms. The smallest absolute Gasteiger partial charge is 0.550 e. The number of carbonyl (C=O) groups is 3. The van der Waals surface area contributed by atoms with Crippen LogP contribution in [0.5, 0.6) is 0 Å². The van der Waals surface area contributed by atoms with E-state index in [1.54, 1.807) is 18.4 Å². The monoisotopic (exact) mass is 565 g/mol. The van der Waals surface area contributed by atoms with Crippen LogP contribution in [-0.4, -0.2) is 40.6 Å². The molecule has 2 aromatic carbocycles. The van der Waals surface area contributed by atoms with Crippen molar-refractivity contribution in [2.24, 2.45) is 16.3 Å². The normalized spacial score (nSPS) is 21.5. The van der Waals surface area contributed by atoms with Crippen molar-refractivity contribution in [1.29, 1.82) is 0 Å². The van der Waals surface area contributed by atoms with E-state index in [9.17, 15) is 19.5 Å². The summed E-state index contributed by atoms with van der Waals surface area (Å²) in [5.41, 5.74) is 2.81. The van der Waals surface area contributed by atoms with Gasteiger partial charge in [-0.3, -0.25) is 14.6 Å². The first-order valence-electron chi connectivity index (χ1n) is 14.0. The van der Waals surface area contributed by atoms with E-state index in [-0.39, 0.29) is 65.8 Å². The first-order chi connectivity index (χ1) is 19.0. The fourth-order valence-electron chi connectivity index (χ4n) is 6.18. The van der Waals surface area contributed by atoms with E-state index in [1.807, 2.05) is 48.2 Å². The predicted octanol–water partition coefficient (Wildman–Crippen LogP) is 1.63. The number of furan rings is 1. The Kier molecular flexibility index (Phi) is 9.16. The van der Waals surface area contributed by atoms with Crippen LogP contribution in [0.1, 0.15) is 87.3 Å². The quantitative estimate of drug-likeness (QED) is 0.438. The number of amides is 2. The molecule has 0 saturated heterocycles. The van der Waals surface area contributed by atoms with Crippen molar-refractivity contribution in [2.75, 3.05) is 6.54 Å². The molecule has 1 saturated carbocycles. The van der Waals surface area contributed by atoms with E-state index in [1.165, 1.54) is 0 Å². The van der Waals surface area contributed by atoms with Crippen molar-refractivity contribution in [3.63, 3.8) is 0 Å². The zero-order valence-electron chi connectivity index (χ0n) is 24.5. The average molecular weight is 566 g/mol. The van der Waals surface area contributed by atoms with Crippen molar-refractivity contribution < 1.29 is 53.5 Å². The van der Waals surface area contributed by atoms with Crippen molar-refractivity contribution in [1.82, 2.24) is 10.2 Å². The topological polar surface area (TPSA) is 115 Å². The Morgan fingerprint density at radius 1 is 1.12 bits per heavy atom. The van der Waals surface area contributed by atoms with Crippen LogP contribution < -0.4 is 40.0 Å². The molecular formula is C32H36N3NaO5. The third-order valence-corrected chi connectivity index (χ3v) is 8.59. The number of nitrogens with zero attached hydrogens (tertiary/aromatic N) is 2. The van der Waals surface area contributed by atoms with Crippen LogP contribution in [0.15, 0.2) is 64.2 Å². The minimum absolute atomic E-state index is 0. The molecule has 1 aliphatic heterocycles. The number of rotatable bonds is 7. The number of aliphatic carboxylic acids is 1. The van der Waals surface area contributed by atoms with Crippen molar-refractivity contribution >= 4 is 34.5 Å². The van der Waals surface area contributed by atoms with Gasteiger partial charge in [0.1, 0.15) is 17.0 Å². The molecule has 2 amide bonds. The van der Waals surface area contributed by atoms with Gasteiger partial charge in [-0.25, -0.2) is 0 Å². The van der Waals surface area contributed by atoms with Crippen LogP contribution in [-0.2, 0) is 9.59 Å². The van der Waals surface area contributed by atoms with Gasteiger partial charge in [-0.1, -0.05) is 45.0 Å². The number of carbonyl (C=O) groups excluding carboxylic acids is 3. The standard InChI is InChI=1S/C32H37N3O5.Na/c1-20(21-5-8-23(9-6-21)29(38)33-17-13-27(36)37)35-30(39)28(24-10-7-22-14-18-40-26(22)19-24)34-32(35)15-11-25(12-16-32)31(2,3)4;/h5-10,14,18-20,25H,11-13,15-17H2,1-4H3,(H,33,38)(H,36,37);/q;+1/p-1/t20-,25?,32?;/m1./s1. The van der Waals surface area contributed by atoms with Gasteiger partial charge in [-0.15, -0.1) is 0 Å². The average Bonchev–Trinajstić information content (AvgIpc) is 3.49. The molecule has 41 heavy (non-hydrogen) atoms. The maximum atomic E-state index is 14.1. The molecular weight excluding hydrogens is 529 g/mol. The Bertz CT molecular complexity index is 1460. The van der Waals surface area contributed by atoms with Gasteiger partial charge in [0.15, 0.2) is 0 Å². The van der Waals surface area contributed by atoms with Gasteiger partial charge in [0.05, 0.1) is 12.3 Å². The number of benzene rings is 2. The maximum absolute atomic E-state index is 14.1. The minimum Gasteiger partial charge on any atom is -0.550 e. The van der Waals surface area contributed by atoms with Crippen molar-refractivity contribution in [3.05, 3.63) is 71.5 Å². The van der Waals surface area contributed by atoms with Gasteiger partial charge < -0.3 is 24.5 Å². The van der Waals surface area contributed by atoms with Gasteiger partial charge in [0, 0.05) is 35.4 Å². The molecule has 1 atom stereocenters. The third-order valence-electron chi connectivity index (χ3n) is 8.59. The molecule has 1 aliphatic carbocycles. The van der Waals surface area contributed by atoms with Gasteiger partial charge in [-0.05, 0) is 73.8 Å². The fourth-order valence-corrected chi connectivity index (χ4v) is 6.18. The molecule has 9 heteroatoms. The molecule has 0 unspecified atom stereocenters. The zero-order chi connectivity index (χ0) is 28.7. The fraction of sp³-hybridized carbons (Fsp3) is 0.438. The second kappa shape index (κ2) is 12.1. The molecule has 5 rings (SSSR count). The number of carboxylic acids is 1. The van der Waals surface area contributed by atoms with Crippen LogP contribution >= 0.6 is 0 Å². The minimum atomic E-state index is -1.21. The summed E-state index contributed by atoms with van der Waals surface area (Å²) in [6.45, 7) is 8.85. The zero-order valence-corrected chi connectivity index (χ0v) is 26.5. The van der Waals surface area contributed by atoms with Crippen molar-refractivity contribution in [2.45, 2.75) is 71.5 Å². The first-order valence-corrected chi connectivity index (χ1v) is 14.0. The van der Waals surface area contributed by atoms with Crippen LogP contribution in [0.3, 0.4) is 0 Å². The van der Waals surface area contributed by atoms with Gasteiger partial charge in [-0.2, -0.15) is 0 Å². The Morgan fingerprint density at radius 2 is 1.80 bits per heavy atom. The Morgan fingerprint density at radius 3 is 2.44 bits per heavy atom. The van der Waals surface area contributed by atoms with Crippen LogP contribution in [0.4, 0.5) is 0 Å². The summed E-state index contributed by atoms with van der Waals surface area (Å²) < 4.78 is 5.61. The molecule has 2 heterocycles. The second-order valence-electron chi connectivity index (χ2n) is 12.1. The number of hydrogen-bond acceptors (Lipinski definition) is 6. The van der Waals surface area contributed by atoms with Crippen molar-refractivity contribution in [3.8, 4) is 0 Å². The maximum Gasteiger partial charge on any atom is 1.00 e. The number of nitrogens with one attached hydrogen (secondary N) is 1. The molecule has 1 fully saturated rings. The van der Waals surface area contributed by atoms with Gasteiger partial charge >= 0.3 is 29.6 Å². The van der Waals surface area contributed by atoms with E-state index in [2.05, 4.69) is 26.1 Å². The summed E-state index contributed by atoms with van der Waals surface area (Å²) in [5.74, 6) is -1.11. The summed E-state index contributed by atoms with van der Waals surface area (Å²) in [7, 11) is 0. The second-order valence-corrected chi connectivity index (χ2v) is 12.1. The van der Waals surface area contributed by atoms with Crippen LogP contribution in [0, 0.1) is 11.3 Å². The van der Waals surface area contributed by atoms with E-state index in [0.29, 0.717) is 17.2 Å². The largest absolute Gasteiger partial charge is 1.00 e. The Hall–Kier alpha value is -2.94. The van der Waals surface area contributed by atoms with E-state index >= 15 is 0 Å². The number of hydrogen-bond donors (Lipinski definition) is 1. The van der Waals surface area contributed by atoms with Crippen LogP contribution in [0.2, 0.25) is 0 Å². The molecule has 3 aromatic rings. The summed E-state index contributed by atoms with van der Waals surface area (Å²) in [4.78, 5) is 44.3. The van der Waals surface area contributed by atoms with Gasteiger partial charge in [0.2, 0.25) is 0 Å². The third kappa shape index (κ3) is 6.30. The van der Waals surface area contributed by atoms with Crippen LogP contribution in [0.25, 0.3) is 11.0 Å². The van der Waals surface area contributed by atoms with E-state index in [0.717, 1.165) is 47.8 Å². The summed E-state index contributed by atoms with van der Waals surface area (Å²) >= 11 is 0. The number of carboxylic acid groups (broad SMARTS) is 1. The summed E-state index contributed by atoms with van der Waals surface area (Å²) in [5, 5.41) is 14.2. The first kappa shape index (κ1) is 31.0. The molecule has 0 radical (unpaired) electrons. The number of aliphatic imine (C=N–C) groups is 1. The summed E-state index contributed by atoms with van der Waals surface area (Å²) in [6.07, 6.45) is 4.94. The Balaban J connectivity index is 0.00000387. The number of fused-ring (bicyclic) bond motifs is 1. The molecule has 2 aliphatic rings. The SMILES string of the molecule is C[C@H](c1ccc(C(=O)NCCC(=O)[O-])cc1)N1C(=O)C(c2ccc3ccoc3c2)=NC12CCC(C(C)(C)C)CC2.[Na+]. The molecule has 8 nitrogen and oxygen atoms in total. The van der Waals surface area contributed by atoms with E-state index in [4.69, 9.17) is 9.41 Å². The van der Waals surface area contributed by atoms with Gasteiger partial charge in [0.25, 0.3) is 11.8 Å². The molecule has 1 spiro atoms. The Labute approximate surface area is 262 Å².